The summed E-state index contributed by atoms with van der Waals surface area (Å²) in [6, 6.07) is 15.4. The summed E-state index contributed by atoms with van der Waals surface area (Å²) in [5.74, 6) is 1.19. The van der Waals surface area contributed by atoms with Crippen LogP contribution >= 0.6 is 23.2 Å². The van der Waals surface area contributed by atoms with Crippen LogP contribution in [0.1, 0.15) is 31.2 Å². The average molecular weight is 376 g/mol. The van der Waals surface area contributed by atoms with Gasteiger partial charge in [-0.05, 0) is 55.7 Å². The van der Waals surface area contributed by atoms with Gasteiger partial charge in [-0.25, -0.2) is 9.48 Å². The number of β-amino-alcohol motifs (C(OH)–C–C–N with tert-alkyl or cyclic N) is 1. The fourth-order valence-corrected chi connectivity index (χ4v) is 4.15. The van der Waals surface area contributed by atoms with Gasteiger partial charge in [-0.15, -0.1) is 0 Å². The third-order valence-electron chi connectivity index (χ3n) is 5.18. The maximum atomic E-state index is 11.7. The van der Waals surface area contributed by atoms with Crippen molar-refractivity contribution in [2.24, 2.45) is 0 Å². The van der Waals surface area contributed by atoms with Crippen LogP contribution in [-0.4, -0.2) is 28.6 Å². The molecule has 3 nitrogen and oxygen atoms in total. The van der Waals surface area contributed by atoms with Crippen LogP contribution in [0.25, 0.3) is 0 Å². The Morgan fingerprint density at radius 2 is 1.52 bits per heavy atom. The molecule has 1 unspecified atom stereocenters. The number of halogens is 2. The maximum absolute atomic E-state index is 11.7. The molecule has 5 heteroatoms. The van der Waals surface area contributed by atoms with E-state index in [4.69, 9.17) is 23.2 Å². The van der Waals surface area contributed by atoms with Crippen LogP contribution in [0.15, 0.2) is 48.5 Å². The highest BCUT2D eigenvalue weighted by molar-refractivity contribution is 6.30. The van der Waals surface area contributed by atoms with Crippen LogP contribution in [0, 0.1) is 0 Å². The molecule has 1 N–H and O–H groups in total. The molecule has 2 aliphatic rings. The molecule has 25 heavy (non-hydrogen) atoms. The van der Waals surface area contributed by atoms with E-state index in [1.165, 1.54) is 12.3 Å². The zero-order valence-corrected chi connectivity index (χ0v) is 15.5. The lowest BCUT2D eigenvalue weighted by Crippen LogP contribution is -2.41. The lowest BCUT2D eigenvalue weighted by atomic mass is 10.0. The Labute approximate surface area is 158 Å². The van der Waals surface area contributed by atoms with E-state index in [1.54, 1.807) is 0 Å². The smallest absolute Gasteiger partial charge is 0.271 e. The molecule has 2 aliphatic heterocycles. The summed E-state index contributed by atoms with van der Waals surface area (Å²) < 4.78 is 2.18. The molecule has 0 radical (unpaired) electrons. The number of anilines is 1. The Kier molecular flexibility index (Phi) is 4.48. The van der Waals surface area contributed by atoms with Gasteiger partial charge in [0.1, 0.15) is 5.69 Å². The predicted octanol–water partition coefficient (Wildman–Crippen LogP) is 4.64. The first kappa shape index (κ1) is 16.9. The van der Waals surface area contributed by atoms with E-state index in [9.17, 15) is 5.11 Å². The van der Waals surface area contributed by atoms with Crippen molar-refractivity contribution in [3.8, 4) is 0 Å². The lowest BCUT2D eigenvalue weighted by molar-refractivity contribution is -0.658. The van der Waals surface area contributed by atoms with Gasteiger partial charge in [0.05, 0.1) is 6.54 Å². The number of benzene rings is 2. The molecule has 0 saturated carbocycles. The molecule has 0 spiro atoms. The standard InChI is InChI=1S/C20H21Cl2N2O/c21-16-7-5-15(6-8-16)20(25)14-23(18-11-9-17(22)10-12-18)19-4-2-1-3-13-24(19)20/h5-12,25H,1-4,13-14H2/q+1. The number of amidine groups is 1. The fourth-order valence-electron chi connectivity index (χ4n) is 3.90. The van der Waals surface area contributed by atoms with Gasteiger partial charge < -0.3 is 5.11 Å². The van der Waals surface area contributed by atoms with Gasteiger partial charge >= 0.3 is 0 Å². The summed E-state index contributed by atoms with van der Waals surface area (Å²) >= 11 is 12.1. The number of aliphatic hydroxyl groups is 1. The molecule has 2 aromatic carbocycles. The van der Waals surface area contributed by atoms with Crippen molar-refractivity contribution in [3.05, 3.63) is 64.1 Å². The molecule has 2 aromatic rings. The van der Waals surface area contributed by atoms with E-state index in [1.807, 2.05) is 48.5 Å². The second-order valence-electron chi connectivity index (χ2n) is 6.76. The van der Waals surface area contributed by atoms with E-state index >= 15 is 0 Å². The summed E-state index contributed by atoms with van der Waals surface area (Å²) in [6.45, 7) is 1.37. The minimum atomic E-state index is -1.04. The third-order valence-corrected chi connectivity index (χ3v) is 5.68. The quantitative estimate of drug-likeness (QED) is 0.773. The highest BCUT2D eigenvalue weighted by Crippen LogP contribution is 2.36. The van der Waals surface area contributed by atoms with Gasteiger partial charge in [-0.2, -0.15) is 0 Å². The third kappa shape index (κ3) is 3.05. The van der Waals surface area contributed by atoms with Gasteiger partial charge in [0, 0.05) is 22.0 Å². The molecular formula is C20H21Cl2N2O+. The van der Waals surface area contributed by atoms with Crippen molar-refractivity contribution in [3.63, 3.8) is 0 Å². The number of hydrogen-bond donors (Lipinski definition) is 1. The molecule has 0 aliphatic carbocycles. The molecule has 0 aromatic heterocycles. The summed E-state index contributed by atoms with van der Waals surface area (Å²) in [6.07, 6.45) is 4.39. The minimum absolute atomic E-state index is 0.506. The van der Waals surface area contributed by atoms with Gasteiger partial charge in [0.2, 0.25) is 0 Å². The Morgan fingerprint density at radius 3 is 2.20 bits per heavy atom. The van der Waals surface area contributed by atoms with Crippen LogP contribution < -0.4 is 4.90 Å². The zero-order valence-electron chi connectivity index (χ0n) is 14.0. The molecule has 130 valence electrons. The molecule has 1 atom stereocenters. The summed E-state index contributed by atoms with van der Waals surface area (Å²) in [4.78, 5) is 2.23. The topological polar surface area (TPSA) is 26.5 Å². The van der Waals surface area contributed by atoms with Gasteiger partial charge in [-0.1, -0.05) is 35.3 Å². The highest BCUT2D eigenvalue weighted by atomic mass is 35.5. The summed E-state index contributed by atoms with van der Waals surface area (Å²) in [5.41, 5.74) is 0.910. The number of nitrogens with zero attached hydrogens (tertiary/aromatic N) is 2. The van der Waals surface area contributed by atoms with Crippen molar-refractivity contribution in [1.29, 1.82) is 0 Å². The SMILES string of the molecule is OC1(c2ccc(Cl)cc2)CN(c2ccc(Cl)cc2)C2=[N+]1CCCCC2. The molecule has 2 heterocycles. The van der Waals surface area contributed by atoms with Crippen LogP contribution in [0.5, 0.6) is 0 Å². The van der Waals surface area contributed by atoms with Crippen molar-refractivity contribution in [2.45, 2.75) is 31.4 Å². The molecule has 0 fully saturated rings. The fraction of sp³-hybridized carbons (Fsp3) is 0.350. The normalized spacial score (nSPS) is 23.6. The second-order valence-corrected chi connectivity index (χ2v) is 7.64. The van der Waals surface area contributed by atoms with Crippen molar-refractivity contribution >= 4 is 34.7 Å². The summed E-state index contributed by atoms with van der Waals surface area (Å²) in [7, 11) is 0. The van der Waals surface area contributed by atoms with Gasteiger partial charge in [-0.3, -0.25) is 0 Å². The number of hydrogen-bond acceptors (Lipinski definition) is 2. The Bertz CT molecular complexity index is 801. The Morgan fingerprint density at radius 1 is 0.880 bits per heavy atom. The van der Waals surface area contributed by atoms with Crippen LogP contribution in [-0.2, 0) is 5.72 Å². The number of rotatable bonds is 2. The minimum Gasteiger partial charge on any atom is -0.346 e. The molecule has 0 saturated heterocycles. The molecule has 4 rings (SSSR count). The van der Waals surface area contributed by atoms with Crippen LogP contribution in [0.2, 0.25) is 10.0 Å². The Balaban J connectivity index is 1.79. The Hall–Kier alpha value is -1.55. The maximum Gasteiger partial charge on any atom is 0.271 e. The monoisotopic (exact) mass is 375 g/mol. The van der Waals surface area contributed by atoms with E-state index in [0.29, 0.717) is 11.6 Å². The van der Waals surface area contributed by atoms with Crippen LogP contribution in [0.4, 0.5) is 5.69 Å². The first-order valence-electron chi connectivity index (χ1n) is 8.73. The average Bonchev–Trinajstić information content (AvgIpc) is 2.78. The first-order valence-corrected chi connectivity index (χ1v) is 9.48. The predicted molar refractivity (Wildman–Crippen MR) is 103 cm³/mol. The van der Waals surface area contributed by atoms with E-state index in [-0.39, 0.29) is 0 Å². The lowest BCUT2D eigenvalue weighted by Gasteiger charge is -2.23. The van der Waals surface area contributed by atoms with E-state index in [0.717, 1.165) is 42.1 Å². The van der Waals surface area contributed by atoms with E-state index < -0.39 is 5.72 Å². The second kappa shape index (κ2) is 6.64. The van der Waals surface area contributed by atoms with Gasteiger partial charge in [0.25, 0.3) is 11.6 Å². The zero-order chi connectivity index (χ0) is 17.4. The highest BCUT2D eigenvalue weighted by Gasteiger charge is 2.51. The van der Waals surface area contributed by atoms with Crippen molar-refractivity contribution in [2.75, 3.05) is 18.0 Å². The largest absolute Gasteiger partial charge is 0.346 e. The van der Waals surface area contributed by atoms with Crippen molar-refractivity contribution in [1.82, 2.24) is 0 Å². The molecular weight excluding hydrogens is 355 g/mol. The molecule has 0 bridgehead atoms. The van der Waals surface area contributed by atoms with Gasteiger partial charge in [0.15, 0.2) is 6.54 Å². The first-order chi connectivity index (χ1) is 12.1. The van der Waals surface area contributed by atoms with Crippen molar-refractivity contribution < 1.29 is 9.68 Å². The van der Waals surface area contributed by atoms with E-state index in [2.05, 4.69) is 9.48 Å². The van der Waals surface area contributed by atoms with Crippen LogP contribution in [0.3, 0.4) is 0 Å². The summed E-state index contributed by atoms with van der Waals surface area (Å²) in [5, 5.41) is 13.1. The molecule has 0 amide bonds.